The van der Waals surface area contributed by atoms with Crippen LogP contribution in [-0.4, -0.2) is 35.2 Å². The van der Waals surface area contributed by atoms with E-state index in [9.17, 15) is 13.2 Å². The first-order valence-electron chi connectivity index (χ1n) is 10.4. The molecule has 8 nitrogen and oxygen atoms in total. The Morgan fingerprint density at radius 2 is 1.59 bits per heavy atom. The van der Waals surface area contributed by atoms with Gasteiger partial charge in [0.05, 0.1) is 20.8 Å². The van der Waals surface area contributed by atoms with Crippen molar-refractivity contribution in [2.75, 3.05) is 30.9 Å². The molecule has 0 aliphatic rings. The van der Waals surface area contributed by atoms with Gasteiger partial charge in [-0.25, -0.2) is 8.42 Å². The zero-order valence-corrected chi connectivity index (χ0v) is 19.9. The number of sulfonamides is 1. The largest absolute Gasteiger partial charge is 0.496 e. The summed E-state index contributed by atoms with van der Waals surface area (Å²) in [5, 5.41) is 2.67. The summed E-state index contributed by atoms with van der Waals surface area (Å²) in [4.78, 5) is 12.3. The number of hydrogen-bond acceptors (Lipinski definition) is 6. The van der Waals surface area contributed by atoms with Crippen LogP contribution < -0.4 is 24.2 Å². The number of ether oxygens (including phenoxy) is 3. The van der Waals surface area contributed by atoms with Gasteiger partial charge in [-0.15, -0.1) is 0 Å². The summed E-state index contributed by atoms with van der Waals surface area (Å²) in [5.74, 6) is 0.971. The van der Waals surface area contributed by atoms with Crippen molar-refractivity contribution in [2.24, 2.45) is 0 Å². The molecule has 1 amide bonds. The second-order valence-electron chi connectivity index (χ2n) is 6.99. The van der Waals surface area contributed by atoms with Crippen LogP contribution in [0.15, 0.2) is 77.7 Å². The Labute approximate surface area is 199 Å². The molecule has 178 valence electrons. The molecule has 2 N–H and O–H groups in total. The molecule has 0 saturated heterocycles. The first-order chi connectivity index (χ1) is 16.4. The lowest BCUT2D eigenvalue weighted by atomic mass is 10.2. The van der Waals surface area contributed by atoms with Gasteiger partial charge in [0.15, 0.2) is 0 Å². The molecular weight excluding hydrogens is 456 g/mol. The van der Waals surface area contributed by atoms with E-state index < -0.39 is 15.9 Å². The third-order valence-electron chi connectivity index (χ3n) is 4.69. The van der Waals surface area contributed by atoms with E-state index in [0.717, 1.165) is 5.56 Å². The van der Waals surface area contributed by atoms with E-state index in [0.29, 0.717) is 29.5 Å². The topological polar surface area (TPSA) is 103 Å². The predicted molar refractivity (Wildman–Crippen MR) is 132 cm³/mol. The zero-order chi connectivity index (χ0) is 24.6. The highest BCUT2D eigenvalue weighted by atomic mass is 32.2. The summed E-state index contributed by atoms with van der Waals surface area (Å²) in [6.45, 7) is 2.37. The van der Waals surface area contributed by atoms with Crippen LogP contribution in [0.5, 0.6) is 17.2 Å². The maximum absolute atomic E-state index is 13.0. The van der Waals surface area contributed by atoms with Crippen molar-refractivity contribution in [3.8, 4) is 17.2 Å². The van der Waals surface area contributed by atoms with Crippen LogP contribution >= 0.6 is 0 Å². The summed E-state index contributed by atoms with van der Waals surface area (Å²) in [6.07, 6.45) is 2.96. The number of hydrogen-bond donors (Lipinski definition) is 2. The minimum absolute atomic E-state index is 0.115. The van der Waals surface area contributed by atoms with E-state index >= 15 is 0 Å². The Morgan fingerprint density at radius 1 is 0.912 bits per heavy atom. The molecule has 0 fully saturated rings. The fraction of sp³-hybridized carbons (Fsp3) is 0.160. The van der Waals surface area contributed by atoms with Crippen LogP contribution in [0.25, 0.3) is 6.08 Å². The van der Waals surface area contributed by atoms with Gasteiger partial charge in [0.1, 0.15) is 22.1 Å². The van der Waals surface area contributed by atoms with E-state index in [1.807, 2.05) is 25.1 Å². The van der Waals surface area contributed by atoms with Gasteiger partial charge in [0.2, 0.25) is 5.91 Å². The lowest BCUT2D eigenvalue weighted by Crippen LogP contribution is -2.15. The number of carbonyl (C=O) groups excluding carboxylic acids is 1. The lowest BCUT2D eigenvalue weighted by molar-refractivity contribution is -0.111. The SMILES string of the molecule is CCOc1ccc(NS(=O)(=O)c2cc(NC(=O)/C=C/c3ccccc3OC)ccc2OC)cc1. The fourth-order valence-electron chi connectivity index (χ4n) is 3.11. The monoisotopic (exact) mass is 482 g/mol. The molecule has 34 heavy (non-hydrogen) atoms. The third-order valence-corrected chi connectivity index (χ3v) is 6.09. The van der Waals surface area contributed by atoms with Gasteiger partial charge in [-0.2, -0.15) is 0 Å². The van der Waals surface area contributed by atoms with Crippen molar-refractivity contribution in [1.82, 2.24) is 0 Å². The van der Waals surface area contributed by atoms with Gasteiger partial charge in [-0.3, -0.25) is 9.52 Å². The van der Waals surface area contributed by atoms with Crippen molar-refractivity contribution >= 4 is 33.4 Å². The zero-order valence-electron chi connectivity index (χ0n) is 19.1. The van der Waals surface area contributed by atoms with Crippen molar-refractivity contribution < 1.29 is 27.4 Å². The highest BCUT2D eigenvalue weighted by Crippen LogP contribution is 2.29. The quantitative estimate of drug-likeness (QED) is 0.411. The minimum Gasteiger partial charge on any atom is -0.496 e. The lowest BCUT2D eigenvalue weighted by Gasteiger charge is -2.14. The minimum atomic E-state index is -4.01. The number of para-hydroxylation sites is 1. The third kappa shape index (κ3) is 6.29. The molecule has 0 unspecified atom stereocenters. The maximum Gasteiger partial charge on any atom is 0.265 e. The van der Waals surface area contributed by atoms with E-state index in [-0.39, 0.29) is 10.6 Å². The van der Waals surface area contributed by atoms with Crippen LogP contribution in [0.2, 0.25) is 0 Å². The molecule has 0 atom stereocenters. The predicted octanol–water partition coefficient (Wildman–Crippen LogP) is 4.56. The molecular formula is C25H26N2O6S. The summed E-state index contributed by atoms with van der Waals surface area (Å²) in [6, 6.07) is 18.2. The molecule has 0 bridgehead atoms. The molecule has 0 aliphatic carbocycles. The highest BCUT2D eigenvalue weighted by Gasteiger charge is 2.21. The number of nitrogens with one attached hydrogen (secondary N) is 2. The molecule has 0 aromatic heterocycles. The number of rotatable bonds is 10. The first kappa shape index (κ1) is 24.7. The summed E-state index contributed by atoms with van der Waals surface area (Å²) >= 11 is 0. The molecule has 0 spiro atoms. The summed E-state index contributed by atoms with van der Waals surface area (Å²) < 4.78 is 44.5. The van der Waals surface area contributed by atoms with Gasteiger partial charge in [-0.1, -0.05) is 18.2 Å². The van der Waals surface area contributed by atoms with Crippen LogP contribution in [0.1, 0.15) is 12.5 Å². The van der Waals surface area contributed by atoms with Gasteiger partial charge in [0, 0.05) is 23.0 Å². The molecule has 3 rings (SSSR count). The van der Waals surface area contributed by atoms with E-state index in [2.05, 4.69) is 10.0 Å². The average molecular weight is 483 g/mol. The number of methoxy groups -OCH3 is 2. The van der Waals surface area contributed by atoms with Crippen LogP contribution in [0, 0.1) is 0 Å². The first-order valence-corrected chi connectivity index (χ1v) is 11.9. The van der Waals surface area contributed by atoms with Gasteiger partial charge in [-0.05, 0) is 61.5 Å². The summed E-state index contributed by atoms with van der Waals surface area (Å²) in [7, 11) is -1.08. The molecule has 0 heterocycles. The standard InChI is InChI=1S/C25H26N2O6S/c1-4-33-21-13-10-19(11-14-21)27-34(29,30)24-17-20(12-15-23(24)32-3)26-25(28)16-9-18-7-5-6-8-22(18)31-2/h5-17,27H,4H2,1-3H3,(H,26,28)/b16-9+. The molecule has 0 saturated carbocycles. The number of carbonyl (C=O) groups is 1. The Bertz CT molecular complexity index is 1270. The molecule has 3 aromatic carbocycles. The Morgan fingerprint density at radius 3 is 2.26 bits per heavy atom. The Balaban J connectivity index is 1.79. The average Bonchev–Trinajstić information content (AvgIpc) is 2.84. The second kappa shape index (κ2) is 11.2. The van der Waals surface area contributed by atoms with Gasteiger partial charge >= 0.3 is 0 Å². The van der Waals surface area contributed by atoms with E-state index in [1.165, 1.54) is 25.3 Å². The number of anilines is 2. The van der Waals surface area contributed by atoms with Gasteiger partial charge < -0.3 is 19.5 Å². The van der Waals surface area contributed by atoms with Crippen molar-refractivity contribution in [2.45, 2.75) is 11.8 Å². The van der Waals surface area contributed by atoms with Crippen molar-refractivity contribution in [3.63, 3.8) is 0 Å². The normalized spacial score (nSPS) is 11.1. The molecule has 0 aliphatic heterocycles. The van der Waals surface area contributed by atoms with Gasteiger partial charge in [0.25, 0.3) is 10.0 Å². The molecule has 0 radical (unpaired) electrons. The highest BCUT2D eigenvalue weighted by molar-refractivity contribution is 7.92. The van der Waals surface area contributed by atoms with Crippen LogP contribution in [0.4, 0.5) is 11.4 Å². The Kier molecular flexibility index (Phi) is 8.15. The van der Waals surface area contributed by atoms with E-state index in [1.54, 1.807) is 49.6 Å². The fourth-order valence-corrected chi connectivity index (χ4v) is 4.37. The number of amides is 1. The van der Waals surface area contributed by atoms with Crippen molar-refractivity contribution in [3.05, 3.63) is 78.4 Å². The number of benzene rings is 3. The summed E-state index contributed by atoms with van der Waals surface area (Å²) in [5.41, 5.74) is 1.39. The second-order valence-corrected chi connectivity index (χ2v) is 8.64. The van der Waals surface area contributed by atoms with Crippen molar-refractivity contribution in [1.29, 1.82) is 0 Å². The smallest absolute Gasteiger partial charge is 0.265 e. The van der Waals surface area contributed by atoms with E-state index in [4.69, 9.17) is 14.2 Å². The molecule has 9 heteroatoms. The van der Waals surface area contributed by atoms with Crippen LogP contribution in [-0.2, 0) is 14.8 Å². The maximum atomic E-state index is 13.0. The molecule has 3 aromatic rings. The van der Waals surface area contributed by atoms with Crippen LogP contribution in [0.3, 0.4) is 0 Å². The Hall–Kier alpha value is -3.98.